The third-order valence-corrected chi connectivity index (χ3v) is 6.48. The number of H-pyrrole nitrogens is 1. The van der Waals surface area contributed by atoms with Gasteiger partial charge in [-0.05, 0) is 36.4 Å². The molecule has 0 unspecified atom stereocenters. The van der Waals surface area contributed by atoms with Crippen LogP contribution >= 0.6 is 0 Å². The molecule has 0 bridgehead atoms. The van der Waals surface area contributed by atoms with Gasteiger partial charge in [-0.25, -0.2) is 18.4 Å². The van der Waals surface area contributed by atoms with Gasteiger partial charge >= 0.3 is 12.1 Å². The summed E-state index contributed by atoms with van der Waals surface area (Å²) in [5.74, 6) is -2.32. The maximum Gasteiger partial charge on any atom is 0.415 e. The lowest BCUT2D eigenvalue weighted by Gasteiger charge is -2.37. The number of aromatic carboxylic acids is 1. The number of carboxylic acid groups (broad SMARTS) is 1. The zero-order valence-electron chi connectivity index (χ0n) is 18.1. The summed E-state index contributed by atoms with van der Waals surface area (Å²) in [4.78, 5) is 27.3. The largest absolute Gasteiger partial charge is 0.478 e. The summed E-state index contributed by atoms with van der Waals surface area (Å²) in [6.07, 6.45) is 2.45. The highest BCUT2D eigenvalue weighted by atomic mass is 19.1. The highest BCUT2D eigenvalue weighted by molar-refractivity contribution is 5.92. The molecule has 8 nitrogen and oxygen atoms in total. The van der Waals surface area contributed by atoms with E-state index in [0.29, 0.717) is 50.4 Å². The van der Waals surface area contributed by atoms with Crippen molar-refractivity contribution >= 4 is 17.7 Å². The first kappa shape index (κ1) is 22.0. The number of nitrogens with zero attached hydrogens (tertiary/aromatic N) is 3. The Hall–Kier alpha value is -3.79. The Balaban J connectivity index is 1.24. The van der Waals surface area contributed by atoms with Gasteiger partial charge in [-0.15, -0.1) is 0 Å². The number of hydrogen-bond acceptors (Lipinski definition) is 5. The number of benzene rings is 2. The molecule has 3 aromatic rings. The van der Waals surface area contributed by atoms with E-state index in [0.717, 1.165) is 11.6 Å². The van der Waals surface area contributed by atoms with Crippen molar-refractivity contribution in [2.45, 2.75) is 25.0 Å². The Morgan fingerprint density at radius 2 is 1.88 bits per heavy atom. The van der Waals surface area contributed by atoms with Gasteiger partial charge in [-0.3, -0.25) is 14.9 Å². The number of ether oxygens (including phenoxy) is 1. The zero-order chi connectivity index (χ0) is 23.9. The standard InChI is InChI=1S/C24H22F2N4O4/c25-17-3-6-19(20(26)11-17)21-16(12-27-28-21)13-29-9-7-24(8-10-29)14-30(23(33)34-24)18-4-1-15(2-5-18)22(31)32/h1-6,11-12H,7-10,13-14H2,(H,27,28)(H,31,32). The number of piperidine rings is 1. The molecule has 2 N–H and O–H groups in total. The summed E-state index contributed by atoms with van der Waals surface area (Å²) in [6, 6.07) is 9.59. The van der Waals surface area contributed by atoms with Crippen molar-refractivity contribution in [3.8, 4) is 11.3 Å². The van der Waals surface area contributed by atoms with Gasteiger partial charge in [-0.2, -0.15) is 5.10 Å². The molecule has 2 aliphatic rings. The van der Waals surface area contributed by atoms with Gasteiger partial charge < -0.3 is 9.84 Å². The van der Waals surface area contributed by atoms with Crippen molar-refractivity contribution in [2.75, 3.05) is 24.5 Å². The maximum absolute atomic E-state index is 14.3. The highest BCUT2D eigenvalue weighted by Crippen LogP contribution is 2.36. The number of hydrogen-bond donors (Lipinski definition) is 2. The summed E-state index contributed by atoms with van der Waals surface area (Å²) in [6.45, 7) is 2.24. The van der Waals surface area contributed by atoms with E-state index in [1.54, 1.807) is 18.3 Å². The molecule has 1 amide bonds. The quantitative estimate of drug-likeness (QED) is 0.586. The summed E-state index contributed by atoms with van der Waals surface area (Å²) in [5.41, 5.74) is 1.71. The van der Waals surface area contributed by atoms with Crippen LogP contribution in [0.2, 0.25) is 0 Å². The molecule has 2 saturated heterocycles. The molecule has 34 heavy (non-hydrogen) atoms. The third kappa shape index (κ3) is 4.12. The Morgan fingerprint density at radius 3 is 2.56 bits per heavy atom. The SMILES string of the molecule is O=C(O)c1ccc(N2CC3(CCN(Cc4cn[nH]c4-c4ccc(F)cc4F)CC3)OC2=O)cc1. The highest BCUT2D eigenvalue weighted by Gasteiger charge is 2.47. The van der Waals surface area contributed by atoms with Crippen molar-refractivity contribution in [3.05, 3.63) is 71.4 Å². The number of likely N-dealkylation sites (tertiary alicyclic amines) is 1. The number of aromatic amines is 1. The number of anilines is 1. The average Bonchev–Trinajstić information content (AvgIpc) is 3.40. The predicted octanol–water partition coefficient (Wildman–Crippen LogP) is 4.04. The van der Waals surface area contributed by atoms with Crippen LogP contribution < -0.4 is 4.90 Å². The topological polar surface area (TPSA) is 98.8 Å². The van der Waals surface area contributed by atoms with Crippen LogP contribution in [0.5, 0.6) is 0 Å². The molecule has 0 atom stereocenters. The smallest absolute Gasteiger partial charge is 0.415 e. The molecule has 10 heteroatoms. The number of aromatic nitrogens is 2. The Morgan fingerprint density at radius 1 is 1.15 bits per heavy atom. The van der Waals surface area contributed by atoms with Crippen molar-refractivity contribution in [1.29, 1.82) is 0 Å². The van der Waals surface area contributed by atoms with Crippen LogP contribution in [-0.4, -0.2) is 57.5 Å². The van der Waals surface area contributed by atoms with Crippen LogP contribution in [0.15, 0.2) is 48.7 Å². The van der Waals surface area contributed by atoms with Gasteiger partial charge in [0.05, 0.1) is 24.0 Å². The van der Waals surface area contributed by atoms with Gasteiger partial charge in [0.15, 0.2) is 0 Å². The van der Waals surface area contributed by atoms with Gasteiger partial charge in [0, 0.05) is 55.4 Å². The average molecular weight is 468 g/mol. The number of nitrogens with one attached hydrogen (secondary N) is 1. The van der Waals surface area contributed by atoms with Crippen molar-refractivity contribution < 1.29 is 28.2 Å². The fourth-order valence-electron chi connectivity index (χ4n) is 4.58. The molecule has 2 aromatic carbocycles. The van der Waals surface area contributed by atoms with Gasteiger partial charge in [0.2, 0.25) is 0 Å². The molecule has 2 fully saturated rings. The van der Waals surface area contributed by atoms with Crippen LogP contribution in [-0.2, 0) is 11.3 Å². The van der Waals surface area contributed by atoms with Crippen LogP contribution in [0.3, 0.4) is 0 Å². The molecule has 1 aromatic heterocycles. The molecule has 0 aliphatic carbocycles. The minimum atomic E-state index is -1.03. The van der Waals surface area contributed by atoms with Gasteiger partial charge in [0.25, 0.3) is 0 Å². The fourth-order valence-corrected chi connectivity index (χ4v) is 4.58. The molecule has 1 spiro atoms. The monoisotopic (exact) mass is 468 g/mol. The lowest BCUT2D eigenvalue weighted by Crippen LogP contribution is -2.46. The second kappa shape index (κ2) is 8.53. The molecule has 0 radical (unpaired) electrons. The number of amides is 1. The molecule has 3 heterocycles. The van der Waals surface area contributed by atoms with E-state index in [2.05, 4.69) is 15.1 Å². The van der Waals surface area contributed by atoms with E-state index in [9.17, 15) is 18.4 Å². The van der Waals surface area contributed by atoms with Crippen LogP contribution in [0.25, 0.3) is 11.3 Å². The molecule has 2 aliphatic heterocycles. The van der Waals surface area contributed by atoms with E-state index >= 15 is 0 Å². The molecule has 0 saturated carbocycles. The van der Waals surface area contributed by atoms with E-state index in [4.69, 9.17) is 9.84 Å². The van der Waals surface area contributed by atoms with Crippen molar-refractivity contribution in [3.63, 3.8) is 0 Å². The lowest BCUT2D eigenvalue weighted by atomic mass is 9.91. The number of carbonyl (C=O) groups excluding carboxylic acids is 1. The lowest BCUT2D eigenvalue weighted by molar-refractivity contribution is -0.000939. The molecular formula is C24H22F2N4O4. The first-order valence-electron chi connectivity index (χ1n) is 10.9. The van der Waals surface area contributed by atoms with E-state index in [1.807, 2.05) is 0 Å². The number of rotatable bonds is 5. The molecule has 176 valence electrons. The summed E-state index contributed by atoms with van der Waals surface area (Å²) in [5, 5.41) is 15.9. The second-order valence-electron chi connectivity index (χ2n) is 8.66. The minimum Gasteiger partial charge on any atom is -0.478 e. The van der Waals surface area contributed by atoms with Crippen LogP contribution in [0.4, 0.5) is 19.3 Å². The first-order chi connectivity index (χ1) is 16.3. The Kier molecular flexibility index (Phi) is 5.52. The molecule has 5 rings (SSSR count). The normalized spacial score (nSPS) is 17.8. The minimum absolute atomic E-state index is 0.151. The first-order valence-corrected chi connectivity index (χ1v) is 10.9. The van der Waals surface area contributed by atoms with Crippen LogP contribution in [0.1, 0.15) is 28.8 Å². The van der Waals surface area contributed by atoms with E-state index < -0.39 is 29.3 Å². The summed E-state index contributed by atoms with van der Waals surface area (Å²) in [7, 11) is 0. The van der Waals surface area contributed by atoms with Gasteiger partial charge in [0.1, 0.15) is 17.2 Å². The second-order valence-corrected chi connectivity index (χ2v) is 8.66. The maximum atomic E-state index is 14.3. The van der Waals surface area contributed by atoms with E-state index in [1.165, 1.54) is 29.2 Å². The van der Waals surface area contributed by atoms with Crippen molar-refractivity contribution in [1.82, 2.24) is 15.1 Å². The van der Waals surface area contributed by atoms with E-state index in [-0.39, 0.29) is 11.1 Å². The Labute approximate surface area is 193 Å². The zero-order valence-corrected chi connectivity index (χ0v) is 18.1. The third-order valence-electron chi connectivity index (χ3n) is 6.48. The summed E-state index contributed by atoms with van der Waals surface area (Å²) >= 11 is 0. The van der Waals surface area contributed by atoms with Gasteiger partial charge in [-0.1, -0.05) is 0 Å². The summed E-state index contributed by atoms with van der Waals surface area (Å²) < 4.78 is 33.3. The number of carbonyl (C=O) groups is 2. The fraction of sp³-hybridized carbons (Fsp3) is 0.292. The van der Waals surface area contributed by atoms with Crippen LogP contribution in [0, 0.1) is 11.6 Å². The predicted molar refractivity (Wildman–Crippen MR) is 118 cm³/mol. The number of halogens is 2. The van der Waals surface area contributed by atoms with Crippen molar-refractivity contribution in [2.24, 2.45) is 0 Å². The number of carboxylic acids is 1. The Bertz CT molecular complexity index is 1240. The molecular weight excluding hydrogens is 446 g/mol.